The van der Waals surface area contributed by atoms with E-state index < -0.39 is 5.97 Å². The molecule has 3 rings (SSSR count). The van der Waals surface area contributed by atoms with E-state index in [-0.39, 0.29) is 12.5 Å². The predicted octanol–water partition coefficient (Wildman–Crippen LogP) is 3.50. The van der Waals surface area contributed by atoms with Gasteiger partial charge in [0.15, 0.2) is 6.61 Å². The number of ether oxygens (including phenoxy) is 3. The lowest BCUT2D eigenvalue weighted by molar-refractivity contribution is 0.0430. The highest BCUT2D eigenvalue weighted by molar-refractivity contribution is 5.89. The van der Waals surface area contributed by atoms with Crippen LogP contribution in [0.3, 0.4) is 0 Å². The van der Waals surface area contributed by atoms with Crippen LogP contribution in [0.25, 0.3) is 11.4 Å². The van der Waals surface area contributed by atoms with Crippen LogP contribution in [0.2, 0.25) is 0 Å². The summed E-state index contributed by atoms with van der Waals surface area (Å²) in [7, 11) is 1.57. The lowest BCUT2D eigenvalue weighted by Crippen LogP contribution is -2.05. The first-order valence-corrected chi connectivity index (χ1v) is 8.07. The van der Waals surface area contributed by atoms with Crippen LogP contribution in [-0.2, 0) is 11.3 Å². The Morgan fingerprint density at radius 3 is 2.62 bits per heavy atom. The molecule has 0 N–H and O–H groups in total. The number of nitrogens with zero attached hydrogens (tertiary/aromatic N) is 2. The van der Waals surface area contributed by atoms with Crippen molar-refractivity contribution in [1.29, 1.82) is 0 Å². The van der Waals surface area contributed by atoms with E-state index in [1.54, 1.807) is 37.4 Å². The Hall–Kier alpha value is -3.35. The number of carbonyl (C=O) groups excluding carboxylic acids is 1. The Balaban J connectivity index is 1.63. The molecule has 0 atom stereocenters. The molecule has 26 heavy (non-hydrogen) atoms. The van der Waals surface area contributed by atoms with E-state index in [2.05, 4.69) is 10.1 Å². The highest BCUT2D eigenvalue weighted by Gasteiger charge is 2.15. The van der Waals surface area contributed by atoms with E-state index in [0.29, 0.717) is 35.1 Å². The summed E-state index contributed by atoms with van der Waals surface area (Å²) in [5.41, 5.74) is 1.11. The lowest BCUT2D eigenvalue weighted by Gasteiger charge is -2.05. The second kappa shape index (κ2) is 8.15. The van der Waals surface area contributed by atoms with Gasteiger partial charge in [0, 0.05) is 0 Å². The summed E-state index contributed by atoms with van der Waals surface area (Å²) in [6.07, 6.45) is 0. The molecule has 1 heterocycles. The zero-order valence-electron chi connectivity index (χ0n) is 14.5. The van der Waals surface area contributed by atoms with Crippen molar-refractivity contribution in [3.05, 3.63) is 60.0 Å². The molecule has 0 aliphatic heterocycles. The quantitative estimate of drug-likeness (QED) is 0.600. The van der Waals surface area contributed by atoms with Gasteiger partial charge < -0.3 is 18.7 Å². The van der Waals surface area contributed by atoms with Crippen molar-refractivity contribution in [3.8, 4) is 22.9 Å². The molecule has 3 aromatic rings. The Kier molecular flexibility index (Phi) is 5.48. The second-order valence-electron chi connectivity index (χ2n) is 5.25. The topological polar surface area (TPSA) is 83.7 Å². The average Bonchev–Trinajstić information content (AvgIpc) is 3.16. The average molecular weight is 354 g/mol. The van der Waals surface area contributed by atoms with E-state index in [9.17, 15) is 4.79 Å². The zero-order valence-corrected chi connectivity index (χ0v) is 14.5. The monoisotopic (exact) mass is 354 g/mol. The summed E-state index contributed by atoms with van der Waals surface area (Å²) in [6.45, 7) is 2.34. The fourth-order valence-corrected chi connectivity index (χ4v) is 2.32. The van der Waals surface area contributed by atoms with Gasteiger partial charge in [-0.15, -0.1) is 0 Å². The number of benzene rings is 2. The maximum absolute atomic E-state index is 12.1. The van der Waals surface area contributed by atoms with Gasteiger partial charge in [-0.25, -0.2) is 4.79 Å². The second-order valence-corrected chi connectivity index (χ2v) is 5.25. The predicted molar refractivity (Wildman–Crippen MR) is 93.0 cm³/mol. The van der Waals surface area contributed by atoms with Gasteiger partial charge in [-0.05, 0) is 43.3 Å². The van der Waals surface area contributed by atoms with Crippen LogP contribution >= 0.6 is 0 Å². The van der Waals surface area contributed by atoms with Gasteiger partial charge in [-0.1, -0.05) is 17.3 Å². The van der Waals surface area contributed by atoms with Crippen molar-refractivity contribution in [2.24, 2.45) is 0 Å². The van der Waals surface area contributed by atoms with E-state index in [1.807, 2.05) is 25.1 Å². The smallest absolute Gasteiger partial charge is 0.338 e. The first-order chi connectivity index (χ1) is 12.7. The fourth-order valence-electron chi connectivity index (χ4n) is 2.32. The van der Waals surface area contributed by atoms with Crippen molar-refractivity contribution < 1.29 is 23.5 Å². The fraction of sp³-hybridized carbons (Fsp3) is 0.211. The van der Waals surface area contributed by atoms with Gasteiger partial charge in [0.05, 0.1) is 24.8 Å². The molecule has 0 amide bonds. The van der Waals surface area contributed by atoms with Crippen molar-refractivity contribution in [1.82, 2.24) is 10.1 Å². The number of methoxy groups -OCH3 is 1. The zero-order chi connectivity index (χ0) is 18.4. The third kappa shape index (κ3) is 4.00. The molecule has 0 radical (unpaired) electrons. The van der Waals surface area contributed by atoms with E-state index in [1.165, 1.54) is 0 Å². The Morgan fingerprint density at radius 2 is 1.88 bits per heavy atom. The minimum absolute atomic E-state index is 0.117. The Bertz CT molecular complexity index is 874. The third-order valence-corrected chi connectivity index (χ3v) is 3.54. The standard InChI is InChI=1S/C19H18N2O5/c1-3-24-14-10-8-13(9-11-14)19(22)25-12-17-20-18(21-26-17)15-6-4-5-7-16(15)23-2/h4-11H,3,12H2,1-2H3. The molecule has 0 unspecified atom stereocenters. The summed E-state index contributed by atoms with van der Waals surface area (Å²) < 4.78 is 21.0. The summed E-state index contributed by atoms with van der Waals surface area (Å²) >= 11 is 0. The van der Waals surface area contributed by atoms with Gasteiger partial charge >= 0.3 is 5.97 Å². The molecular formula is C19H18N2O5. The van der Waals surface area contributed by atoms with Crippen molar-refractivity contribution >= 4 is 5.97 Å². The summed E-state index contributed by atoms with van der Waals surface area (Å²) in [6, 6.07) is 14.0. The molecule has 0 saturated carbocycles. The largest absolute Gasteiger partial charge is 0.496 e. The molecule has 2 aromatic carbocycles. The normalized spacial score (nSPS) is 10.4. The third-order valence-electron chi connectivity index (χ3n) is 3.54. The first-order valence-electron chi connectivity index (χ1n) is 8.07. The Labute approximate surface area is 150 Å². The van der Waals surface area contributed by atoms with Gasteiger partial charge in [0.1, 0.15) is 11.5 Å². The highest BCUT2D eigenvalue weighted by atomic mass is 16.6. The molecular weight excluding hydrogens is 336 g/mol. The first kappa shape index (κ1) is 17.5. The van der Waals surface area contributed by atoms with Gasteiger partial charge in [-0.3, -0.25) is 0 Å². The number of esters is 1. The van der Waals surface area contributed by atoms with Gasteiger partial charge in [0.2, 0.25) is 5.82 Å². The van der Waals surface area contributed by atoms with Crippen LogP contribution < -0.4 is 9.47 Å². The molecule has 7 heteroatoms. The molecule has 134 valence electrons. The molecule has 0 bridgehead atoms. The number of para-hydroxylation sites is 1. The van der Waals surface area contributed by atoms with Crippen LogP contribution in [0.5, 0.6) is 11.5 Å². The van der Waals surface area contributed by atoms with E-state index >= 15 is 0 Å². The van der Waals surface area contributed by atoms with Crippen LogP contribution in [0.4, 0.5) is 0 Å². The lowest BCUT2D eigenvalue weighted by atomic mass is 10.2. The SMILES string of the molecule is CCOc1ccc(C(=O)OCc2nc(-c3ccccc3OC)no2)cc1. The molecule has 0 spiro atoms. The minimum atomic E-state index is -0.481. The van der Waals surface area contributed by atoms with Crippen LogP contribution in [0.1, 0.15) is 23.2 Å². The van der Waals surface area contributed by atoms with Crippen molar-refractivity contribution in [2.75, 3.05) is 13.7 Å². The number of aromatic nitrogens is 2. The number of rotatable bonds is 7. The van der Waals surface area contributed by atoms with Gasteiger partial charge in [0.25, 0.3) is 5.89 Å². The van der Waals surface area contributed by atoms with Crippen LogP contribution in [-0.4, -0.2) is 29.8 Å². The number of carbonyl (C=O) groups is 1. The molecule has 0 aliphatic carbocycles. The van der Waals surface area contributed by atoms with Crippen LogP contribution in [0.15, 0.2) is 53.1 Å². The summed E-state index contributed by atoms with van der Waals surface area (Å²) in [5.74, 6) is 1.42. The minimum Gasteiger partial charge on any atom is -0.496 e. The van der Waals surface area contributed by atoms with Crippen molar-refractivity contribution in [2.45, 2.75) is 13.5 Å². The van der Waals surface area contributed by atoms with Crippen LogP contribution in [0, 0.1) is 0 Å². The Morgan fingerprint density at radius 1 is 1.12 bits per heavy atom. The van der Waals surface area contributed by atoms with Crippen molar-refractivity contribution in [3.63, 3.8) is 0 Å². The van der Waals surface area contributed by atoms with E-state index in [4.69, 9.17) is 18.7 Å². The highest BCUT2D eigenvalue weighted by Crippen LogP contribution is 2.27. The maximum Gasteiger partial charge on any atom is 0.338 e. The summed E-state index contributed by atoms with van der Waals surface area (Å²) in [5, 5.41) is 3.90. The molecule has 7 nitrogen and oxygen atoms in total. The van der Waals surface area contributed by atoms with E-state index in [0.717, 1.165) is 0 Å². The molecule has 0 aliphatic rings. The number of hydrogen-bond donors (Lipinski definition) is 0. The molecule has 0 saturated heterocycles. The summed E-state index contributed by atoms with van der Waals surface area (Å²) in [4.78, 5) is 16.3. The molecule has 1 aromatic heterocycles. The maximum atomic E-state index is 12.1. The van der Waals surface area contributed by atoms with Gasteiger partial charge in [-0.2, -0.15) is 4.98 Å². The number of hydrogen-bond acceptors (Lipinski definition) is 7. The molecule has 0 fully saturated rings.